The molecule has 0 atom stereocenters. The van der Waals surface area contributed by atoms with E-state index >= 15 is 0 Å². The monoisotopic (exact) mass is 464 g/mol. The van der Waals surface area contributed by atoms with E-state index < -0.39 is 0 Å². The van der Waals surface area contributed by atoms with Crippen molar-refractivity contribution in [2.75, 3.05) is 17.2 Å². The number of para-hydroxylation sites is 1. The van der Waals surface area contributed by atoms with Gasteiger partial charge in [0, 0.05) is 16.1 Å². The largest absolute Gasteiger partial charge is 0.462 e. The number of aryl methyl sites for hydroxylation is 1. The quantitative estimate of drug-likeness (QED) is 0.313. The number of thiocarbonyl (C=S) groups is 1. The predicted octanol–water partition coefficient (Wildman–Crippen LogP) is 7.06. The number of esters is 1. The first kappa shape index (κ1) is 22.5. The SMILES string of the molecule is CCOC(=O)c1c(NC(=S)Nc2ccccc2-c2ccccc2)sc2c1CCCCCC2. The molecule has 1 aliphatic rings. The van der Waals surface area contributed by atoms with Gasteiger partial charge < -0.3 is 15.4 Å². The first-order chi connectivity index (χ1) is 15.7. The van der Waals surface area contributed by atoms with E-state index in [-0.39, 0.29) is 5.97 Å². The number of nitrogens with one attached hydrogen (secondary N) is 2. The minimum atomic E-state index is -0.263. The summed E-state index contributed by atoms with van der Waals surface area (Å²) in [5, 5.41) is 7.90. The van der Waals surface area contributed by atoms with Crippen molar-refractivity contribution in [1.82, 2.24) is 0 Å². The molecule has 0 saturated heterocycles. The molecular formula is C26H28N2O2S2. The molecule has 1 heterocycles. The van der Waals surface area contributed by atoms with Crippen molar-refractivity contribution >= 4 is 45.3 Å². The summed E-state index contributed by atoms with van der Waals surface area (Å²) in [7, 11) is 0. The summed E-state index contributed by atoms with van der Waals surface area (Å²) < 4.78 is 5.41. The molecule has 32 heavy (non-hydrogen) atoms. The van der Waals surface area contributed by atoms with Crippen LogP contribution in [-0.4, -0.2) is 17.7 Å². The highest BCUT2D eigenvalue weighted by molar-refractivity contribution is 7.80. The Balaban J connectivity index is 1.60. The molecule has 1 aliphatic carbocycles. The standard InChI is InChI=1S/C26H28N2O2S2/c1-2-30-25(29)23-20-15-8-3-4-9-17-22(20)32-24(23)28-26(31)27-21-16-11-10-14-19(21)18-12-6-5-7-13-18/h5-7,10-14,16H,2-4,8-9,15,17H2,1H3,(H2,27,28,31). The summed E-state index contributed by atoms with van der Waals surface area (Å²) in [6, 6.07) is 18.3. The minimum absolute atomic E-state index is 0.263. The lowest BCUT2D eigenvalue weighted by Gasteiger charge is -2.15. The first-order valence-corrected chi connectivity index (χ1v) is 12.4. The van der Waals surface area contributed by atoms with Crippen LogP contribution in [-0.2, 0) is 17.6 Å². The van der Waals surface area contributed by atoms with Gasteiger partial charge in [0.15, 0.2) is 5.11 Å². The Morgan fingerprint density at radius 2 is 1.69 bits per heavy atom. The summed E-state index contributed by atoms with van der Waals surface area (Å²) in [6.45, 7) is 2.20. The zero-order chi connectivity index (χ0) is 22.3. The smallest absolute Gasteiger partial charge is 0.341 e. The van der Waals surface area contributed by atoms with Crippen LogP contribution in [0.5, 0.6) is 0 Å². The van der Waals surface area contributed by atoms with Crippen molar-refractivity contribution in [3.05, 3.63) is 70.6 Å². The summed E-state index contributed by atoms with van der Waals surface area (Å²) >= 11 is 7.30. The van der Waals surface area contributed by atoms with Crippen molar-refractivity contribution in [2.45, 2.75) is 45.4 Å². The molecule has 6 heteroatoms. The molecule has 0 radical (unpaired) electrons. The molecule has 0 aliphatic heterocycles. The maximum Gasteiger partial charge on any atom is 0.341 e. The van der Waals surface area contributed by atoms with E-state index in [4.69, 9.17) is 17.0 Å². The van der Waals surface area contributed by atoms with E-state index in [0.717, 1.165) is 53.1 Å². The van der Waals surface area contributed by atoms with E-state index in [9.17, 15) is 4.79 Å². The Bertz CT molecular complexity index is 1090. The van der Waals surface area contributed by atoms with Gasteiger partial charge in [-0.25, -0.2) is 4.79 Å². The fourth-order valence-electron chi connectivity index (χ4n) is 4.14. The van der Waals surface area contributed by atoms with E-state index in [2.05, 4.69) is 28.8 Å². The molecule has 2 N–H and O–H groups in total. The lowest BCUT2D eigenvalue weighted by molar-refractivity contribution is 0.0526. The topological polar surface area (TPSA) is 50.4 Å². The van der Waals surface area contributed by atoms with Gasteiger partial charge in [0.25, 0.3) is 0 Å². The normalized spacial score (nSPS) is 13.4. The molecule has 0 fully saturated rings. The van der Waals surface area contributed by atoms with Gasteiger partial charge in [-0.2, -0.15) is 0 Å². The zero-order valence-corrected chi connectivity index (χ0v) is 19.9. The molecule has 0 unspecified atom stereocenters. The Morgan fingerprint density at radius 1 is 0.969 bits per heavy atom. The zero-order valence-electron chi connectivity index (χ0n) is 18.3. The highest BCUT2D eigenvalue weighted by atomic mass is 32.1. The van der Waals surface area contributed by atoms with Crippen molar-refractivity contribution in [3.63, 3.8) is 0 Å². The van der Waals surface area contributed by atoms with Gasteiger partial charge in [0.05, 0.1) is 12.2 Å². The molecule has 0 amide bonds. The average Bonchev–Trinajstić information content (AvgIpc) is 3.10. The molecule has 0 saturated carbocycles. The van der Waals surface area contributed by atoms with Gasteiger partial charge >= 0.3 is 5.97 Å². The van der Waals surface area contributed by atoms with Crippen LogP contribution in [0.1, 0.15) is 53.4 Å². The number of fused-ring (bicyclic) bond motifs is 1. The predicted molar refractivity (Wildman–Crippen MR) is 138 cm³/mol. The van der Waals surface area contributed by atoms with Gasteiger partial charge in [-0.3, -0.25) is 0 Å². The molecule has 4 nitrogen and oxygen atoms in total. The third-order valence-electron chi connectivity index (χ3n) is 5.64. The maximum absolute atomic E-state index is 12.9. The van der Waals surface area contributed by atoms with Crippen molar-refractivity contribution < 1.29 is 9.53 Å². The highest BCUT2D eigenvalue weighted by Crippen LogP contribution is 2.38. The number of benzene rings is 2. The van der Waals surface area contributed by atoms with Crippen LogP contribution in [0.2, 0.25) is 0 Å². The molecule has 166 valence electrons. The van der Waals surface area contributed by atoms with Crippen molar-refractivity contribution in [2.24, 2.45) is 0 Å². The van der Waals surface area contributed by atoms with Gasteiger partial charge in [-0.15, -0.1) is 11.3 Å². The van der Waals surface area contributed by atoms with Crippen LogP contribution in [0.4, 0.5) is 10.7 Å². The van der Waals surface area contributed by atoms with Gasteiger partial charge in [0.2, 0.25) is 0 Å². The Labute approximate surface area is 199 Å². The summed E-state index contributed by atoms with van der Waals surface area (Å²) in [5.41, 5.74) is 4.91. The Morgan fingerprint density at radius 3 is 2.47 bits per heavy atom. The fraction of sp³-hybridized carbons (Fsp3) is 0.308. The number of hydrogen-bond acceptors (Lipinski definition) is 4. The summed E-state index contributed by atoms with van der Waals surface area (Å²) in [5.74, 6) is -0.263. The van der Waals surface area contributed by atoms with Crippen LogP contribution in [0.3, 0.4) is 0 Å². The summed E-state index contributed by atoms with van der Waals surface area (Å²) in [6.07, 6.45) is 6.62. The van der Waals surface area contributed by atoms with E-state index in [1.54, 1.807) is 11.3 Å². The van der Waals surface area contributed by atoms with Gasteiger partial charge in [-0.05, 0) is 62.0 Å². The number of ether oxygens (including phenoxy) is 1. The van der Waals surface area contributed by atoms with Crippen molar-refractivity contribution in [1.29, 1.82) is 0 Å². The first-order valence-electron chi connectivity index (χ1n) is 11.2. The average molecular weight is 465 g/mol. The Kier molecular flexibility index (Phi) is 7.55. The third kappa shape index (κ3) is 5.19. The van der Waals surface area contributed by atoms with Crippen LogP contribution in [0.15, 0.2) is 54.6 Å². The number of carbonyl (C=O) groups excluding carboxylic acids is 1. The lowest BCUT2D eigenvalue weighted by Crippen LogP contribution is -2.21. The van der Waals surface area contributed by atoms with Crippen LogP contribution < -0.4 is 10.6 Å². The second-order valence-corrected chi connectivity index (χ2v) is 9.35. The summed E-state index contributed by atoms with van der Waals surface area (Å²) in [4.78, 5) is 14.1. The number of hydrogen-bond donors (Lipinski definition) is 2. The second-order valence-electron chi connectivity index (χ2n) is 7.83. The second kappa shape index (κ2) is 10.7. The molecule has 0 bridgehead atoms. The van der Waals surface area contributed by atoms with Crippen LogP contribution >= 0.6 is 23.6 Å². The number of thiophene rings is 1. The number of rotatable bonds is 5. The third-order valence-corrected chi connectivity index (χ3v) is 7.05. The lowest BCUT2D eigenvalue weighted by atomic mass is 9.96. The van der Waals surface area contributed by atoms with E-state index in [1.165, 1.54) is 17.7 Å². The van der Waals surface area contributed by atoms with Gasteiger partial charge in [-0.1, -0.05) is 61.4 Å². The molecule has 4 rings (SSSR count). The minimum Gasteiger partial charge on any atom is -0.462 e. The Hall–Kier alpha value is -2.70. The van der Waals surface area contributed by atoms with E-state index in [1.807, 2.05) is 43.3 Å². The molecule has 2 aromatic carbocycles. The van der Waals surface area contributed by atoms with Gasteiger partial charge in [0.1, 0.15) is 5.00 Å². The molecular weight excluding hydrogens is 436 g/mol. The highest BCUT2D eigenvalue weighted by Gasteiger charge is 2.25. The van der Waals surface area contributed by atoms with E-state index in [0.29, 0.717) is 17.3 Å². The molecule has 3 aromatic rings. The molecule has 1 aromatic heterocycles. The number of anilines is 2. The van der Waals surface area contributed by atoms with Crippen molar-refractivity contribution in [3.8, 4) is 11.1 Å². The maximum atomic E-state index is 12.9. The van der Waals surface area contributed by atoms with Crippen LogP contribution in [0, 0.1) is 0 Å². The molecule has 0 spiro atoms. The fourth-order valence-corrected chi connectivity index (χ4v) is 5.70. The van der Waals surface area contributed by atoms with Crippen LogP contribution in [0.25, 0.3) is 11.1 Å². The number of carbonyl (C=O) groups is 1.